The van der Waals surface area contributed by atoms with Crippen LogP contribution in [0.15, 0.2) is 0 Å². The molecule has 0 saturated carbocycles. The van der Waals surface area contributed by atoms with Crippen molar-refractivity contribution in [1.29, 1.82) is 0 Å². The summed E-state index contributed by atoms with van der Waals surface area (Å²) >= 11 is 0. The van der Waals surface area contributed by atoms with E-state index < -0.39 is 0 Å². The molecular formula is C11H23ClN2O2. The van der Waals surface area contributed by atoms with Crippen LogP contribution in [0.5, 0.6) is 0 Å². The average molecular weight is 251 g/mol. The number of carbonyl (C=O) groups excluding carboxylic acids is 1. The Kier molecular flexibility index (Phi) is 7.72. The van der Waals surface area contributed by atoms with Gasteiger partial charge in [-0.2, -0.15) is 0 Å². The van der Waals surface area contributed by atoms with Gasteiger partial charge in [-0.1, -0.05) is 0 Å². The van der Waals surface area contributed by atoms with Gasteiger partial charge in [0.25, 0.3) is 0 Å². The van der Waals surface area contributed by atoms with Gasteiger partial charge >= 0.3 is 5.97 Å². The molecule has 2 atom stereocenters. The Bertz CT molecular complexity index is 212. The maximum absolute atomic E-state index is 11.3. The summed E-state index contributed by atoms with van der Waals surface area (Å²) in [4.78, 5) is 13.4. The molecule has 0 bridgehead atoms. The van der Waals surface area contributed by atoms with Crippen LogP contribution in [0, 0.1) is 5.92 Å². The topological polar surface area (TPSA) is 55.6 Å². The summed E-state index contributed by atoms with van der Waals surface area (Å²) in [5.41, 5.74) is 5.88. The number of hydrogen-bond acceptors (Lipinski definition) is 4. The third kappa shape index (κ3) is 5.14. The lowest BCUT2D eigenvalue weighted by Gasteiger charge is -2.33. The van der Waals surface area contributed by atoms with Crippen LogP contribution in [0.3, 0.4) is 0 Å². The van der Waals surface area contributed by atoms with Crippen molar-refractivity contribution in [1.82, 2.24) is 4.90 Å². The lowest BCUT2D eigenvalue weighted by molar-refractivity contribution is -0.144. The molecule has 0 spiro atoms. The predicted octanol–water partition coefficient (Wildman–Crippen LogP) is 1.03. The van der Waals surface area contributed by atoms with E-state index in [1.54, 1.807) is 0 Å². The molecule has 1 aliphatic rings. The van der Waals surface area contributed by atoms with Gasteiger partial charge in [0.05, 0.1) is 13.2 Å². The van der Waals surface area contributed by atoms with E-state index in [4.69, 9.17) is 10.5 Å². The fourth-order valence-corrected chi connectivity index (χ4v) is 2.05. The first-order chi connectivity index (χ1) is 7.13. The van der Waals surface area contributed by atoms with E-state index in [-0.39, 0.29) is 24.4 Å². The van der Waals surface area contributed by atoms with Gasteiger partial charge < -0.3 is 10.5 Å². The van der Waals surface area contributed by atoms with Gasteiger partial charge in [0.15, 0.2) is 0 Å². The van der Waals surface area contributed by atoms with Crippen LogP contribution in [0.25, 0.3) is 0 Å². The minimum absolute atomic E-state index is 0. The molecule has 0 radical (unpaired) electrons. The third-order valence-electron chi connectivity index (χ3n) is 2.94. The monoisotopic (exact) mass is 250 g/mol. The van der Waals surface area contributed by atoms with E-state index in [1.807, 2.05) is 13.8 Å². The second-order valence-corrected chi connectivity index (χ2v) is 4.30. The second-order valence-electron chi connectivity index (χ2n) is 4.30. The Labute approximate surface area is 104 Å². The molecule has 0 amide bonds. The Morgan fingerprint density at radius 1 is 1.62 bits per heavy atom. The number of likely N-dealkylation sites (tertiary alicyclic amines) is 1. The van der Waals surface area contributed by atoms with E-state index in [2.05, 4.69) is 4.90 Å². The summed E-state index contributed by atoms with van der Waals surface area (Å²) in [5.74, 6) is 0.399. The lowest BCUT2D eigenvalue weighted by Crippen LogP contribution is -2.44. The first kappa shape index (κ1) is 15.7. The van der Waals surface area contributed by atoms with Crippen molar-refractivity contribution in [2.24, 2.45) is 11.7 Å². The maximum Gasteiger partial charge on any atom is 0.320 e. The Hall–Kier alpha value is -0.320. The van der Waals surface area contributed by atoms with E-state index in [0.717, 1.165) is 19.5 Å². The van der Waals surface area contributed by atoms with Crippen LogP contribution < -0.4 is 5.73 Å². The SMILES string of the molecule is CCOC(=O)CN1CCCC(C(C)N)C1.Cl. The Balaban J connectivity index is 0.00000225. The van der Waals surface area contributed by atoms with Gasteiger partial charge in [-0.15, -0.1) is 12.4 Å². The molecule has 16 heavy (non-hydrogen) atoms. The van der Waals surface area contributed by atoms with Gasteiger partial charge in [0, 0.05) is 12.6 Å². The van der Waals surface area contributed by atoms with Gasteiger partial charge in [-0.05, 0) is 39.2 Å². The van der Waals surface area contributed by atoms with Gasteiger partial charge in [-0.3, -0.25) is 9.69 Å². The molecule has 0 aliphatic carbocycles. The minimum Gasteiger partial charge on any atom is -0.465 e. The van der Waals surface area contributed by atoms with E-state index in [1.165, 1.54) is 6.42 Å². The lowest BCUT2D eigenvalue weighted by atomic mass is 9.92. The molecule has 96 valence electrons. The molecule has 0 aromatic rings. The van der Waals surface area contributed by atoms with E-state index in [9.17, 15) is 4.79 Å². The molecule has 0 aromatic carbocycles. The highest BCUT2D eigenvalue weighted by Gasteiger charge is 2.24. The number of halogens is 1. The summed E-state index contributed by atoms with van der Waals surface area (Å²) in [5, 5.41) is 0. The molecule has 2 N–H and O–H groups in total. The molecule has 0 aromatic heterocycles. The number of rotatable bonds is 4. The molecule has 1 fully saturated rings. The number of esters is 1. The molecular weight excluding hydrogens is 228 g/mol. The van der Waals surface area contributed by atoms with Crippen LogP contribution in [0.2, 0.25) is 0 Å². The van der Waals surface area contributed by atoms with Gasteiger partial charge in [0.1, 0.15) is 0 Å². The van der Waals surface area contributed by atoms with Gasteiger partial charge in [-0.25, -0.2) is 0 Å². The predicted molar refractivity (Wildman–Crippen MR) is 66.7 cm³/mol. The Morgan fingerprint density at radius 2 is 2.31 bits per heavy atom. The second kappa shape index (κ2) is 7.87. The minimum atomic E-state index is -0.122. The highest BCUT2D eigenvalue weighted by Crippen LogP contribution is 2.18. The third-order valence-corrected chi connectivity index (χ3v) is 2.94. The zero-order valence-electron chi connectivity index (χ0n) is 10.1. The zero-order valence-corrected chi connectivity index (χ0v) is 11.0. The van der Waals surface area contributed by atoms with Crippen LogP contribution in [0.1, 0.15) is 26.7 Å². The first-order valence-corrected chi connectivity index (χ1v) is 5.77. The molecule has 1 rings (SSSR count). The average Bonchev–Trinajstić information content (AvgIpc) is 2.18. The molecule has 1 aliphatic heterocycles. The fraction of sp³-hybridized carbons (Fsp3) is 0.909. The van der Waals surface area contributed by atoms with Crippen molar-refractivity contribution in [2.75, 3.05) is 26.2 Å². The first-order valence-electron chi connectivity index (χ1n) is 5.77. The molecule has 1 heterocycles. The van der Waals surface area contributed by atoms with Crippen LogP contribution >= 0.6 is 12.4 Å². The number of hydrogen-bond donors (Lipinski definition) is 1. The Morgan fingerprint density at radius 3 is 2.88 bits per heavy atom. The summed E-state index contributed by atoms with van der Waals surface area (Å²) in [6.45, 7) is 6.66. The smallest absolute Gasteiger partial charge is 0.320 e. The number of carbonyl (C=O) groups is 1. The van der Waals surface area contributed by atoms with Crippen molar-refractivity contribution in [3.63, 3.8) is 0 Å². The van der Waals surface area contributed by atoms with E-state index in [0.29, 0.717) is 19.1 Å². The number of nitrogens with zero attached hydrogens (tertiary/aromatic N) is 1. The number of ether oxygens (including phenoxy) is 1. The molecule has 5 heteroatoms. The van der Waals surface area contributed by atoms with Gasteiger partial charge in [0.2, 0.25) is 0 Å². The maximum atomic E-state index is 11.3. The van der Waals surface area contributed by atoms with Crippen LogP contribution in [0.4, 0.5) is 0 Å². The van der Waals surface area contributed by atoms with Crippen molar-refractivity contribution in [3.8, 4) is 0 Å². The molecule has 2 unspecified atom stereocenters. The molecule has 1 saturated heterocycles. The van der Waals surface area contributed by atoms with E-state index >= 15 is 0 Å². The highest BCUT2D eigenvalue weighted by atomic mass is 35.5. The fourth-order valence-electron chi connectivity index (χ4n) is 2.05. The summed E-state index contributed by atoms with van der Waals surface area (Å²) in [6, 6.07) is 0.218. The quantitative estimate of drug-likeness (QED) is 0.758. The van der Waals surface area contributed by atoms with Crippen molar-refractivity contribution in [3.05, 3.63) is 0 Å². The van der Waals surface area contributed by atoms with Crippen LogP contribution in [-0.4, -0.2) is 43.2 Å². The van der Waals surface area contributed by atoms with Crippen molar-refractivity contribution < 1.29 is 9.53 Å². The highest BCUT2D eigenvalue weighted by molar-refractivity contribution is 5.85. The number of nitrogens with two attached hydrogens (primary N) is 1. The molecule has 4 nitrogen and oxygen atoms in total. The summed E-state index contributed by atoms with van der Waals surface area (Å²) in [6.07, 6.45) is 2.31. The van der Waals surface area contributed by atoms with Crippen LogP contribution in [-0.2, 0) is 9.53 Å². The number of piperidine rings is 1. The zero-order chi connectivity index (χ0) is 11.3. The normalized spacial score (nSPS) is 23.3. The van der Waals surface area contributed by atoms with Crippen molar-refractivity contribution in [2.45, 2.75) is 32.7 Å². The van der Waals surface area contributed by atoms with Crippen molar-refractivity contribution >= 4 is 18.4 Å². The summed E-state index contributed by atoms with van der Waals surface area (Å²) in [7, 11) is 0. The largest absolute Gasteiger partial charge is 0.465 e. The summed E-state index contributed by atoms with van der Waals surface area (Å²) < 4.78 is 4.93. The standard InChI is InChI=1S/C11H22N2O2.ClH/c1-3-15-11(14)8-13-6-4-5-10(7-13)9(2)12;/h9-10H,3-8,12H2,1-2H3;1H.